The maximum Gasteiger partial charge on any atom is 0.264 e. The van der Waals surface area contributed by atoms with Crippen LogP contribution in [-0.2, 0) is 32.6 Å². The molecule has 0 fully saturated rings. The lowest BCUT2D eigenvalue weighted by Gasteiger charge is -2.34. The molecule has 242 valence electrons. The fourth-order valence-corrected chi connectivity index (χ4v) is 6.95. The maximum atomic E-state index is 14.6. The lowest BCUT2D eigenvalue weighted by molar-refractivity contribution is -0.140. The van der Waals surface area contributed by atoms with E-state index in [0.29, 0.717) is 17.0 Å². The van der Waals surface area contributed by atoms with Gasteiger partial charge < -0.3 is 10.2 Å². The summed E-state index contributed by atoms with van der Waals surface area (Å²) in [5, 5.41) is 3.58. The monoisotopic (exact) mass is 699 g/mol. The molecule has 0 aliphatic carbocycles. The van der Waals surface area contributed by atoms with E-state index in [9.17, 15) is 18.0 Å². The Morgan fingerprint density at radius 1 is 0.848 bits per heavy atom. The first-order valence-corrected chi connectivity index (χ1v) is 17.4. The van der Waals surface area contributed by atoms with E-state index in [1.54, 1.807) is 42.5 Å². The summed E-state index contributed by atoms with van der Waals surface area (Å²) >= 11 is 19.2. The molecule has 11 heteroatoms. The zero-order chi connectivity index (χ0) is 33.4. The number of anilines is 1. The molecule has 46 heavy (non-hydrogen) atoms. The highest BCUT2D eigenvalue weighted by Gasteiger charge is 2.35. The van der Waals surface area contributed by atoms with E-state index in [1.807, 2.05) is 51.1 Å². The third kappa shape index (κ3) is 8.82. The summed E-state index contributed by atoms with van der Waals surface area (Å²) in [5.41, 5.74) is 2.40. The van der Waals surface area contributed by atoms with Crippen LogP contribution in [0.3, 0.4) is 0 Å². The van der Waals surface area contributed by atoms with Crippen LogP contribution < -0.4 is 9.62 Å². The van der Waals surface area contributed by atoms with E-state index in [2.05, 4.69) is 5.32 Å². The van der Waals surface area contributed by atoms with Gasteiger partial charge in [-0.3, -0.25) is 13.9 Å². The number of benzene rings is 4. The van der Waals surface area contributed by atoms with Crippen LogP contribution in [0.15, 0.2) is 102 Å². The van der Waals surface area contributed by atoms with E-state index >= 15 is 0 Å². The van der Waals surface area contributed by atoms with E-state index in [1.165, 1.54) is 29.2 Å². The van der Waals surface area contributed by atoms with Crippen molar-refractivity contribution < 1.29 is 18.0 Å². The summed E-state index contributed by atoms with van der Waals surface area (Å²) in [6, 6.07) is 26.1. The fourth-order valence-electron chi connectivity index (χ4n) is 4.86. The Labute approximate surface area is 286 Å². The number of rotatable bonds is 13. The van der Waals surface area contributed by atoms with Gasteiger partial charge in [0.1, 0.15) is 12.6 Å². The Morgan fingerprint density at radius 3 is 2.15 bits per heavy atom. The van der Waals surface area contributed by atoms with Crippen LogP contribution >= 0.6 is 34.8 Å². The molecule has 0 heterocycles. The topological polar surface area (TPSA) is 86.8 Å². The van der Waals surface area contributed by atoms with Crippen LogP contribution in [0.4, 0.5) is 5.69 Å². The summed E-state index contributed by atoms with van der Waals surface area (Å²) in [7, 11) is -4.32. The second kappa shape index (κ2) is 15.8. The van der Waals surface area contributed by atoms with Crippen molar-refractivity contribution in [2.45, 2.75) is 57.1 Å². The molecule has 4 rings (SSSR count). The predicted molar refractivity (Wildman–Crippen MR) is 186 cm³/mol. The quantitative estimate of drug-likeness (QED) is 0.155. The minimum absolute atomic E-state index is 0.00742. The van der Waals surface area contributed by atoms with Crippen LogP contribution in [0, 0.1) is 6.92 Å². The van der Waals surface area contributed by atoms with E-state index < -0.39 is 28.5 Å². The van der Waals surface area contributed by atoms with Crippen molar-refractivity contribution in [2.24, 2.45) is 0 Å². The van der Waals surface area contributed by atoms with E-state index in [0.717, 1.165) is 15.4 Å². The second-order valence-electron chi connectivity index (χ2n) is 11.1. The molecule has 7 nitrogen and oxygen atoms in total. The van der Waals surface area contributed by atoms with Gasteiger partial charge in [0.15, 0.2) is 0 Å². The lowest BCUT2D eigenvalue weighted by atomic mass is 10.0. The minimum atomic E-state index is -4.32. The molecule has 2 amide bonds. The Hall–Kier alpha value is -3.56. The third-order valence-corrected chi connectivity index (χ3v) is 10.4. The molecule has 0 aliphatic rings. The van der Waals surface area contributed by atoms with Gasteiger partial charge in [-0.15, -0.1) is 0 Å². The molecule has 0 unspecified atom stereocenters. The maximum absolute atomic E-state index is 14.6. The second-order valence-corrected chi connectivity index (χ2v) is 14.2. The number of carbonyl (C=O) groups excluding carboxylic acids is 2. The number of hydrogen-bond donors (Lipinski definition) is 1. The molecule has 0 radical (unpaired) electrons. The molecule has 4 aromatic rings. The average Bonchev–Trinajstić information content (AvgIpc) is 3.03. The zero-order valence-corrected chi connectivity index (χ0v) is 28.9. The van der Waals surface area contributed by atoms with Crippen LogP contribution in [-0.4, -0.2) is 43.8 Å². The minimum Gasteiger partial charge on any atom is -0.352 e. The predicted octanol–water partition coefficient (Wildman–Crippen LogP) is 7.71. The summed E-state index contributed by atoms with van der Waals surface area (Å²) in [6.45, 7) is 5.02. The lowest BCUT2D eigenvalue weighted by Crippen LogP contribution is -2.54. The number of amides is 2. The van der Waals surface area contributed by atoms with Gasteiger partial charge in [-0.25, -0.2) is 8.42 Å². The van der Waals surface area contributed by atoms with Crippen LogP contribution in [0.1, 0.15) is 37.0 Å². The number of carbonyl (C=O) groups is 2. The largest absolute Gasteiger partial charge is 0.352 e. The van der Waals surface area contributed by atoms with Gasteiger partial charge >= 0.3 is 0 Å². The summed E-state index contributed by atoms with van der Waals surface area (Å²) in [4.78, 5) is 29.9. The average molecular weight is 701 g/mol. The highest BCUT2D eigenvalue weighted by atomic mass is 35.5. The SMILES string of the molecule is CC[C@@H](C)NC(=O)[C@@H](Cc1ccccc1)N(Cc1cccc(Cl)c1)C(=O)CN(c1cccc(Cl)c1Cl)S(=O)(=O)c1ccc(C)cc1. The molecule has 2 atom stereocenters. The Balaban J connectivity index is 1.84. The van der Waals surface area contributed by atoms with Gasteiger partial charge in [0.05, 0.1) is 20.6 Å². The van der Waals surface area contributed by atoms with Crippen molar-refractivity contribution in [3.8, 4) is 0 Å². The summed E-state index contributed by atoms with van der Waals surface area (Å²) < 4.78 is 29.4. The Kier molecular flexibility index (Phi) is 12.1. The van der Waals surface area contributed by atoms with Crippen LogP contribution in [0.5, 0.6) is 0 Å². The first-order valence-electron chi connectivity index (χ1n) is 14.8. The summed E-state index contributed by atoms with van der Waals surface area (Å²) in [6.07, 6.45) is 0.875. The number of aryl methyl sites for hydroxylation is 1. The van der Waals surface area contributed by atoms with Crippen LogP contribution in [0.2, 0.25) is 15.1 Å². The van der Waals surface area contributed by atoms with Crippen LogP contribution in [0.25, 0.3) is 0 Å². The molecule has 4 aromatic carbocycles. The number of sulfonamides is 1. The Bertz CT molecular complexity index is 1770. The molecule has 0 saturated carbocycles. The normalized spacial score (nSPS) is 12.7. The van der Waals surface area contributed by atoms with Gasteiger partial charge in [0.25, 0.3) is 10.0 Å². The van der Waals surface area contributed by atoms with Gasteiger partial charge in [0.2, 0.25) is 11.8 Å². The number of halogens is 3. The van der Waals surface area contributed by atoms with Gasteiger partial charge in [0, 0.05) is 24.0 Å². The summed E-state index contributed by atoms with van der Waals surface area (Å²) in [5.74, 6) is -0.978. The first-order chi connectivity index (χ1) is 21.9. The molecule has 0 saturated heterocycles. The molecule has 1 N–H and O–H groups in total. The van der Waals surface area contributed by atoms with E-state index in [-0.39, 0.29) is 45.5 Å². The fraction of sp³-hybridized carbons (Fsp3) is 0.257. The molecular formula is C35H36Cl3N3O4S. The van der Waals surface area contributed by atoms with Crippen molar-refractivity contribution in [3.05, 3.63) is 129 Å². The van der Waals surface area contributed by atoms with Crippen molar-refractivity contribution in [3.63, 3.8) is 0 Å². The standard InChI is InChI=1S/C35H36Cl3N3O4S/c1-4-25(3)39-35(43)32(21-26-10-6-5-7-11-26)40(22-27-12-8-13-28(36)20-27)33(42)23-41(31-15-9-14-30(37)34(31)38)46(44,45)29-18-16-24(2)17-19-29/h5-20,25,32H,4,21-23H2,1-3H3,(H,39,43)/t25-,32-/m1/s1. The van der Waals surface area contributed by atoms with Crippen molar-refractivity contribution in [1.82, 2.24) is 10.2 Å². The van der Waals surface area contributed by atoms with Gasteiger partial charge in [-0.2, -0.15) is 0 Å². The van der Waals surface area contributed by atoms with Crippen molar-refractivity contribution in [2.75, 3.05) is 10.8 Å². The number of hydrogen-bond acceptors (Lipinski definition) is 4. The number of nitrogens with zero attached hydrogens (tertiary/aromatic N) is 2. The zero-order valence-electron chi connectivity index (χ0n) is 25.8. The van der Waals surface area contributed by atoms with Crippen molar-refractivity contribution in [1.29, 1.82) is 0 Å². The smallest absolute Gasteiger partial charge is 0.264 e. The molecule has 0 bridgehead atoms. The van der Waals surface area contributed by atoms with Gasteiger partial charge in [-0.05, 0) is 67.8 Å². The first kappa shape index (κ1) is 35.3. The number of nitrogens with one attached hydrogen (secondary N) is 1. The van der Waals surface area contributed by atoms with Gasteiger partial charge in [-0.1, -0.05) is 108 Å². The van der Waals surface area contributed by atoms with Crippen molar-refractivity contribution >= 4 is 62.3 Å². The Morgan fingerprint density at radius 2 is 1.50 bits per heavy atom. The highest BCUT2D eigenvalue weighted by Crippen LogP contribution is 2.35. The highest BCUT2D eigenvalue weighted by molar-refractivity contribution is 7.92. The molecule has 0 spiro atoms. The molecular weight excluding hydrogens is 665 g/mol. The molecule has 0 aliphatic heterocycles. The molecule has 0 aromatic heterocycles. The van der Waals surface area contributed by atoms with E-state index in [4.69, 9.17) is 34.8 Å². The third-order valence-electron chi connectivity index (χ3n) is 7.60.